The summed E-state index contributed by atoms with van der Waals surface area (Å²) in [5, 5.41) is 0.815. The van der Waals surface area contributed by atoms with Gasteiger partial charge in [0.15, 0.2) is 5.76 Å². The molecule has 1 atom stereocenters. The van der Waals surface area contributed by atoms with Crippen LogP contribution in [0.25, 0.3) is 11.0 Å². The average Bonchev–Trinajstić information content (AvgIpc) is 3.27. The maximum Gasteiger partial charge on any atom is 0.336 e. The molecule has 1 aromatic carbocycles. The van der Waals surface area contributed by atoms with E-state index in [-0.39, 0.29) is 11.9 Å². The zero-order valence-corrected chi connectivity index (χ0v) is 17.9. The number of benzene rings is 1. The fraction of sp³-hybridized carbons (Fsp3) is 0.286. The molecule has 156 valence electrons. The highest BCUT2D eigenvalue weighted by Crippen LogP contribution is 2.26. The third-order valence-electron chi connectivity index (χ3n) is 5.24. The Hall–Kier alpha value is -2.78. The summed E-state index contributed by atoms with van der Waals surface area (Å²) in [7, 11) is 1.56. The molecule has 7 nitrogen and oxygen atoms in total. The Labute approximate surface area is 183 Å². The summed E-state index contributed by atoms with van der Waals surface area (Å²) < 4.78 is 16.3. The van der Waals surface area contributed by atoms with E-state index in [1.807, 2.05) is 17.0 Å². The molecule has 3 heterocycles. The molecule has 1 unspecified atom stereocenters. The normalized spacial score (nSPS) is 16.7. The molecule has 1 amide bonds. The molecule has 0 bridgehead atoms. The van der Waals surface area contributed by atoms with Gasteiger partial charge in [-0.1, -0.05) is 12.2 Å². The summed E-state index contributed by atoms with van der Waals surface area (Å²) in [5.41, 5.74) is 0.831. The SMILES string of the molecule is COc1ccc2c(CC3CN(C(=O)c4ccco4)CCN3C(=S)S)cc(=O)oc2c1. The van der Waals surface area contributed by atoms with Crippen LogP contribution >= 0.6 is 24.8 Å². The Bertz CT molecular complexity index is 1140. The molecular formula is C21H20N2O5S2. The van der Waals surface area contributed by atoms with Gasteiger partial charge in [0.25, 0.3) is 5.91 Å². The van der Waals surface area contributed by atoms with Crippen molar-refractivity contribution in [3.63, 3.8) is 0 Å². The molecule has 0 radical (unpaired) electrons. The first-order chi connectivity index (χ1) is 14.5. The first-order valence-electron chi connectivity index (χ1n) is 9.39. The lowest BCUT2D eigenvalue weighted by atomic mass is 9.99. The molecule has 1 aliphatic rings. The number of methoxy groups -OCH3 is 1. The van der Waals surface area contributed by atoms with E-state index in [0.29, 0.717) is 47.5 Å². The van der Waals surface area contributed by atoms with Crippen LogP contribution in [0, 0.1) is 0 Å². The monoisotopic (exact) mass is 444 g/mol. The molecule has 1 saturated heterocycles. The van der Waals surface area contributed by atoms with E-state index in [1.165, 1.54) is 12.3 Å². The zero-order chi connectivity index (χ0) is 21.3. The van der Waals surface area contributed by atoms with Crippen molar-refractivity contribution in [1.82, 2.24) is 9.80 Å². The van der Waals surface area contributed by atoms with E-state index in [9.17, 15) is 9.59 Å². The molecule has 1 fully saturated rings. The lowest BCUT2D eigenvalue weighted by Crippen LogP contribution is -2.56. The smallest absolute Gasteiger partial charge is 0.336 e. The summed E-state index contributed by atoms with van der Waals surface area (Å²) >= 11 is 9.69. The van der Waals surface area contributed by atoms with Crippen LogP contribution in [0.3, 0.4) is 0 Å². The van der Waals surface area contributed by atoms with Gasteiger partial charge in [0.2, 0.25) is 0 Å². The zero-order valence-electron chi connectivity index (χ0n) is 16.2. The number of carbonyl (C=O) groups is 1. The van der Waals surface area contributed by atoms with Crippen LogP contribution in [0.4, 0.5) is 0 Å². The van der Waals surface area contributed by atoms with Crippen LogP contribution in [0.15, 0.2) is 56.3 Å². The van der Waals surface area contributed by atoms with Crippen molar-refractivity contribution in [3.8, 4) is 5.75 Å². The van der Waals surface area contributed by atoms with Crippen molar-refractivity contribution in [1.29, 1.82) is 0 Å². The number of amides is 1. The molecule has 2 aromatic heterocycles. The number of hydrogen-bond acceptors (Lipinski definition) is 6. The van der Waals surface area contributed by atoms with Gasteiger partial charge in [-0.25, -0.2) is 4.79 Å². The molecule has 0 spiro atoms. The van der Waals surface area contributed by atoms with Crippen molar-refractivity contribution < 1.29 is 18.4 Å². The van der Waals surface area contributed by atoms with Gasteiger partial charge < -0.3 is 23.4 Å². The Balaban J connectivity index is 1.65. The van der Waals surface area contributed by atoms with E-state index < -0.39 is 5.63 Å². The Morgan fingerprint density at radius 3 is 2.83 bits per heavy atom. The maximum atomic E-state index is 12.8. The van der Waals surface area contributed by atoms with Gasteiger partial charge in [-0.05, 0) is 36.2 Å². The average molecular weight is 445 g/mol. The Morgan fingerprint density at radius 2 is 2.13 bits per heavy atom. The molecule has 0 saturated carbocycles. The van der Waals surface area contributed by atoms with Crippen LogP contribution in [0.1, 0.15) is 16.1 Å². The summed E-state index contributed by atoms with van der Waals surface area (Å²) in [4.78, 5) is 28.6. The summed E-state index contributed by atoms with van der Waals surface area (Å²) in [6.07, 6.45) is 1.98. The Kier molecular flexibility index (Phi) is 5.83. The molecule has 4 rings (SSSR count). The number of nitrogens with zero attached hydrogens (tertiary/aromatic N) is 2. The highest BCUT2D eigenvalue weighted by Gasteiger charge is 2.32. The van der Waals surface area contributed by atoms with Crippen LogP contribution in [-0.4, -0.2) is 52.8 Å². The molecule has 3 aromatic rings. The maximum absolute atomic E-state index is 12.8. The predicted octanol–water partition coefficient (Wildman–Crippen LogP) is 2.98. The minimum absolute atomic E-state index is 0.144. The fourth-order valence-electron chi connectivity index (χ4n) is 3.78. The van der Waals surface area contributed by atoms with E-state index in [0.717, 1.165) is 10.9 Å². The number of carbonyl (C=O) groups excluding carboxylic acids is 1. The second-order valence-corrected chi connectivity index (χ2v) is 8.13. The van der Waals surface area contributed by atoms with Crippen molar-refractivity contribution in [3.05, 3.63) is 64.4 Å². The van der Waals surface area contributed by atoms with Crippen LogP contribution in [-0.2, 0) is 6.42 Å². The predicted molar refractivity (Wildman–Crippen MR) is 119 cm³/mol. The van der Waals surface area contributed by atoms with Crippen LogP contribution < -0.4 is 10.4 Å². The van der Waals surface area contributed by atoms with Crippen molar-refractivity contribution >= 4 is 46.0 Å². The molecule has 1 aliphatic heterocycles. The Morgan fingerprint density at radius 1 is 1.30 bits per heavy atom. The molecule has 9 heteroatoms. The highest BCUT2D eigenvalue weighted by molar-refractivity contribution is 8.10. The topological polar surface area (TPSA) is 76.1 Å². The molecule has 0 N–H and O–H groups in total. The molecule has 0 aliphatic carbocycles. The van der Waals surface area contributed by atoms with E-state index >= 15 is 0 Å². The molecule has 30 heavy (non-hydrogen) atoms. The third kappa shape index (κ3) is 4.08. The first-order valence-corrected chi connectivity index (χ1v) is 10.2. The quantitative estimate of drug-likeness (QED) is 0.377. The fourth-order valence-corrected chi connectivity index (χ4v) is 4.29. The number of fused-ring (bicyclic) bond motifs is 1. The summed E-state index contributed by atoms with van der Waals surface area (Å²) in [6.45, 7) is 1.48. The van der Waals surface area contributed by atoms with Crippen LogP contribution in [0.5, 0.6) is 5.75 Å². The first kappa shape index (κ1) is 20.5. The lowest BCUT2D eigenvalue weighted by molar-refractivity contribution is 0.0590. The minimum Gasteiger partial charge on any atom is -0.497 e. The van der Waals surface area contributed by atoms with Gasteiger partial charge in [-0.15, -0.1) is 12.6 Å². The second kappa shape index (κ2) is 8.53. The largest absolute Gasteiger partial charge is 0.497 e. The number of rotatable bonds is 4. The van der Waals surface area contributed by atoms with Crippen molar-refractivity contribution in [2.75, 3.05) is 26.7 Å². The number of thiol groups is 1. The number of furan rings is 1. The highest BCUT2D eigenvalue weighted by atomic mass is 32.1. The van der Waals surface area contributed by atoms with E-state index in [2.05, 4.69) is 12.6 Å². The minimum atomic E-state index is -0.440. The number of thiocarbonyl (C=S) groups is 1. The van der Waals surface area contributed by atoms with Crippen molar-refractivity contribution in [2.45, 2.75) is 12.5 Å². The van der Waals surface area contributed by atoms with Gasteiger partial charge in [0, 0.05) is 37.2 Å². The summed E-state index contributed by atoms with van der Waals surface area (Å²) in [5.74, 6) is 0.735. The lowest BCUT2D eigenvalue weighted by Gasteiger charge is -2.41. The summed E-state index contributed by atoms with van der Waals surface area (Å²) in [6, 6.07) is 10.1. The van der Waals surface area contributed by atoms with Gasteiger partial charge in [-0.2, -0.15) is 0 Å². The second-order valence-electron chi connectivity index (χ2n) is 7.02. The third-order valence-corrected chi connectivity index (χ3v) is 5.73. The van der Waals surface area contributed by atoms with Gasteiger partial charge in [-0.3, -0.25) is 4.79 Å². The van der Waals surface area contributed by atoms with E-state index in [1.54, 1.807) is 30.2 Å². The van der Waals surface area contributed by atoms with Crippen LogP contribution in [0.2, 0.25) is 0 Å². The number of hydrogen-bond donors (Lipinski definition) is 1. The van der Waals surface area contributed by atoms with Gasteiger partial charge in [0.05, 0.1) is 19.4 Å². The standard InChI is InChI=1S/C21H20N2O5S2/c1-26-15-4-5-16-13(10-19(24)28-18(16)11-15)9-14-12-22(6-7-23(14)21(29)30)20(25)17-3-2-8-27-17/h2-5,8,10-11,14H,6-7,9,12H2,1H3,(H,29,30). The van der Waals surface area contributed by atoms with Gasteiger partial charge >= 0.3 is 5.63 Å². The number of piperazine rings is 1. The van der Waals surface area contributed by atoms with Crippen molar-refractivity contribution in [2.24, 2.45) is 0 Å². The molecular weight excluding hydrogens is 424 g/mol. The number of ether oxygens (including phenoxy) is 1. The van der Waals surface area contributed by atoms with Gasteiger partial charge in [0.1, 0.15) is 15.7 Å². The van der Waals surface area contributed by atoms with E-state index in [4.69, 9.17) is 25.8 Å².